The van der Waals surface area contributed by atoms with Crippen molar-refractivity contribution in [1.29, 1.82) is 0 Å². The molecule has 6 nitrogen and oxygen atoms in total. The number of benzene rings is 2. The summed E-state index contributed by atoms with van der Waals surface area (Å²) >= 11 is 0. The Hall–Kier alpha value is -3.38. The minimum absolute atomic E-state index is 0.0929. The third-order valence-electron chi connectivity index (χ3n) is 5.21. The average Bonchev–Trinajstić information content (AvgIpc) is 3.03. The highest BCUT2D eigenvalue weighted by molar-refractivity contribution is 6.14. The predicted octanol–water partition coefficient (Wildman–Crippen LogP) is 3.62. The molecule has 0 aliphatic carbocycles. The summed E-state index contributed by atoms with van der Waals surface area (Å²) in [6.07, 6.45) is 3.81. The molecule has 1 N–H and O–H groups in total. The van der Waals surface area contributed by atoms with Crippen molar-refractivity contribution in [3.8, 4) is 5.75 Å². The highest BCUT2D eigenvalue weighted by Gasteiger charge is 2.42. The maximum Gasteiger partial charge on any atom is 0.290 e. The second-order valence-corrected chi connectivity index (χ2v) is 7.71. The molecule has 0 spiro atoms. The van der Waals surface area contributed by atoms with Crippen molar-refractivity contribution >= 4 is 17.8 Å². The first-order valence-corrected chi connectivity index (χ1v) is 10.2. The number of ether oxygens (including phenoxy) is 1. The van der Waals surface area contributed by atoms with Crippen LogP contribution in [0.3, 0.4) is 0 Å². The standard InChI is InChI=1S/C25H28N2O4/c1-26(2)15-8-16-27-23(19-11-7-12-20(17-19)31-3)22(24(29)25(27)30)21(28)14-13-18-9-5-4-6-10-18/h4-7,9-14,17,23,29H,8,15-16H2,1-3H3. The van der Waals surface area contributed by atoms with Crippen LogP contribution in [-0.4, -0.2) is 60.9 Å². The van der Waals surface area contributed by atoms with Crippen LogP contribution in [0.25, 0.3) is 6.08 Å². The molecule has 0 radical (unpaired) electrons. The normalized spacial score (nSPS) is 16.6. The first kappa shape index (κ1) is 22.3. The van der Waals surface area contributed by atoms with E-state index < -0.39 is 23.5 Å². The van der Waals surface area contributed by atoms with E-state index in [-0.39, 0.29) is 5.57 Å². The van der Waals surface area contributed by atoms with Gasteiger partial charge in [0.2, 0.25) is 0 Å². The molecule has 0 bridgehead atoms. The number of aliphatic hydroxyl groups excluding tert-OH is 1. The zero-order chi connectivity index (χ0) is 22.4. The van der Waals surface area contributed by atoms with Gasteiger partial charge in [0.25, 0.3) is 5.91 Å². The van der Waals surface area contributed by atoms with Gasteiger partial charge in [-0.25, -0.2) is 0 Å². The van der Waals surface area contributed by atoms with Gasteiger partial charge in [-0.15, -0.1) is 0 Å². The van der Waals surface area contributed by atoms with Gasteiger partial charge in [0.1, 0.15) is 5.75 Å². The molecule has 3 rings (SSSR count). The third-order valence-corrected chi connectivity index (χ3v) is 5.21. The Bertz CT molecular complexity index is 996. The summed E-state index contributed by atoms with van der Waals surface area (Å²) in [7, 11) is 5.49. The van der Waals surface area contributed by atoms with Crippen LogP contribution in [0.2, 0.25) is 0 Å². The molecular formula is C25H28N2O4. The molecule has 2 aromatic carbocycles. The van der Waals surface area contributed by atoms with Gasteiger partial charge in [-0.2, -0.15) is 0 Å². The second-order valence-electron chi connectivity index (χ2n) is 7.71. The molecule has 1 amide bonds. The van der Waals surface area contributed by atoms with E-state index in [1.54, 1.807) is 30.2 Å². The van der Waals surface area contributed by atoms with Gasteiger partial charge >= 0.3 is 0 Å². The monoisotopic (exact) mass is 420 g/mol. The molecule has 1 aliphatic heterocycles. The van der Waals surface area contributed by atoms with Gasteiger partial charge in [-0.3, -0.25) is 9.59 Å². The van der Waals surface area contributed by atoms with Crippen LogP contribution < -0.4 is 4.74 Å². The maximum atomic E-state index is 13.1. The van der Waals surface area contributed by atoms with Crippen molar-refractivity contribution < 1.29 is 19.4 Å². The number of aliphatic hydroxyl groups is 1. The minimum Gasteiger partial charge on any atom is -0.503 e. The maximum absolute atomic E-state index is 13.1. The molecule has 6 heteroatoms. The van der Waals surface area contributed by atoms with E-state index in [1.807, 2.05) is 61.5 Å². The number of carbonyl (C=O) groups is 2. The second kappa shape index (κ2) is 10.1. The van der Waals surface area contributed by atoms with Gasteiger partial charge < -0.3 is 19.6 Å². The minimum atomic E-state index is -0.669. The lowest BCUT2D eigenvalue weighted by Gasteiger charge is -2.27. The Balaban J connectivity index is 1.96. The number of hydrogen-bond acceptors (Lipinski definition) is 5. The molecule has 1 heterocycles. The van der Waals surface area contributed by atoms with E-state index in [2.05, 4.69) is 0 Å². The topological polar surface area (TPSA) is 70.1 Å². The van der Waals surface area contributed by atoms with E-state index in [0.717, 1.165) is 17.7 Å². The van der Waals surface area contributed by atoms with Gasteiger partial charge in [0, 0.05) is 6.54 Å². The smallest absolute Gasteiger partial charge is 0.290 e. The number of rotatable bonds is 9. The number of methoxy groups -OCH3 is 1. The molecule has 0 saturated carbocycles. The van der Waals surface area contributed by atoms with Crippen molar-refractivity contribution in [2.75, 3.05) is 34.3 Å². The fraction of sp³-hybridized carbons (Fsp3) is 0.280. The molecule has 0 aromatic heterocycles. The Morgan fingerprint density at radius 2 is 1.90 bits per heavy atom. The van der Waals surface area contributed by atoms with E-state index in [9.17, 15) is 14.7 Å². The number of nitrogens with zero attached hydrogens (tertiary/aromatic N) is 2. The molecule has 0 saturated heterocycles. The molecule has 2 aromatic rings. The quantitative estimate of drug-likeness (QED) is 0.628. The third kappa shape index (κ3) is 5.22. The molecule has 0 fully saturated rings. The van der Waals surface area contributed by atoms with Crippen molar-refractivity contribution in [1.82, 2.24) is 9.80 Å². The number of allylic oxidation sites excluding steroid dienone is 1. The van der Waals surface area contributed by atoms with Crippen LogP contribution >= 0.6 is 0 Å². The van der Waals surface area contributed by atoms with Gasteiger partial charge in [0.05, 0.1) is 18.7 Å². The predicted molar refractivity (Wildman–Crippen MR) is 121 cm³/mol. The lowest BCUT2D eigenvalue weighted by molar-refractivity contribution is -0.129. The lowest BCUT2D eigenvalue weighted by atomic mass is 9.95. The summed E-state index contributed by atoms with van der Waals surface area (Å²) in [6.45, 7) is 1.20. The van der Waals surface area contributed by atoms with Crippen LogP contribution in [0.5, 0.6) is 5.75 Å². The van der Waals surface area contributed by atoms with E-state index in [0.29, 0.717) is 18.7 Å². The van der Waals surface area contributed by atoms with Crippen LogP contribution in [0.4, 0.5) is 0 Å². The number of carbonyl (C=O) groups excluding carboxylic acids is 2. The first-order chi connectivity index (χ1) is 14.9. The fourth-order valence-corrected chi connectivity index (χ4v) is 3.68. The van der Waals surface area contributed by atoms with Crippen LogP contribution in [-0.2, 0) is 9.59 Å². The van der Waals surface area contributed by atoms with Crippen molar-refractivity contribution in [2.24, 2.45) is 0 Å². The van der Waals surface area contributed by atoms with Crippen molar-refractivity contribution in [2.45, 2.75) is 12.5 Å². The van der Waals surface area contributed by atoms with Crippen LogP contribution in [0, 0.1) is 0 Å². The molecular weight excluding hydrogens is 392 g/mol. The zero-order valence-electron chi connectivity index (χ0n) is 18.1. The Morgan fingerprint density at radius 1 is 1.16 bits per heavy atom. The average molecular weight is 421 g/mol. The lowest BCUT2D eigenvalue weighted by Crippen LogP contribution is -2.33. The summed E-state index contributed by atoms with van der Waals surface area (Å²) < 4.78 is 5.33. The number of hydrogen-bond donors (Lipinski definition) is 1. The first-order valence-electron chi connectivity index (χ1n) is 10.2. The molecule has 1 aliphatic rings. The van der Waals surface area contributed by atoms with Gasteiger partial charge in [0.15, 0.2) is 11.5 Å². The Kier molecular flexibility index (Phi) is 7.26. The zero-order valence-corrected chi connectivity index (χ0v) is 18.1. The molecule has 1 unspecified atom stereocenters. The summed E-state index contributed by atoms with van der Waals surface area (Å²) in [4.78, 5) is 29.6. The van der Waals surface area contributed by atoms with Crippen LogP contribution in [0.1, 0.15) is 23.6 Å². The Labute approximate surface area is 183 Å². The van der Waals surface area contributed by atoms with Crippen molar-refractivity contribution in [3.05, 3.63) is 83.1 Å². The fourth-order valence-electron chi connectivity index (χ4n) is 3.68. The highest BCUT2D eigenvalue weighted by atomic mass is 16.5. The van der Waals surface area contributed by atoms with Gasteiger partial charge in [-0.05, 0) is 56.4 Å². The van der Waals surface area contributed by atoms with E-state index in [1.165, 1.54) is 6.08 Å². The summed E-state index contributed by atoms with van der Waals surface area (Å²) in [5.41, 5.74) is 1.68. The van der Waals surface area contributed by atoms with Crippen LogP contribution in [0.15, 0.2) is 72.0 Å². The summed E-state index contributed by atoms with van der Waals surface area (Å²) in [5, 5.41) is 10.7. The molecule has 162 valence electrons. The van der Waals surface area contributed by atoms with E-state index in [4.69, 9.17) is 4.74 Å². The molecule has 31 heavy (non-hydrogen) atoms. The van der Waals surface area contributed by atoms with Crippen molar-refractivity contribution in [3.63, 3.8) is 0 Å². The largest absolute Gasteiger partial charge is 0.503 e. The Morgan fingerprint density at radius 3 is 2.58 bits per heavy atom. The van der Waals surface area contributed by atoms with E-state index >= 15 is 0 Å². The van der Waals surface area contributed by atoms with Gasteiger partial charge in [-0.1, -0.05) is 48.5 Å². The summed E-state index contributed by atoms with van der Waals surface area (Å²) in [6, 6.07) is 16.0. The SMILES string of the molecule is COc1cccc(C2C(C(=O)C=Cc3ccccc3)=C(O)C(=O)N2CCCN(C)C)c1. The highest BCUT2D eigenvalue weighted by Crippen LogP contribution is 2.39. The number of ketones is 1. The summed E-state index contributed by atoms with van der Waals surface area (Å²) in [5.74, 6) is -0.780. The molecule has 1 atom stereocenters. The number of amides is 1.